The molecular weight excluding hydrogens is 352 g/mol. The lowest BCUT2D eigenvalue weighted by molar-refractivity contribution is -0.118. The van der Waals surface area contributed by atoms with Gasteiger partial charge in [-0.1, -0.05) is 12.1 Å². The molecule has 0 spiro atoms. The highest BCUT2D eigenvalue weighted by Crippen LogP contribution is 2.20. The molecule has 6 nitrogen and oxygen atoms in total. The number of hydrogen-bond acceptors (Lipinski definition) is 5. The van der Waals surface area contributed by atoms with Gasteiger partial charge in [-0.3, -0.25) is 9.59 Å². The third-order valence-electron chi connectivity index (χ3n) is 4.07. The zero-order valence-corrected chi connectivity index (χ0v) is 15.5. The summed E-state index contributed by atoms with van der Waals surface area (Å²) in [5, 5.41) is 4.75. The Morgan fingerprint density at radius 2 is 2.23 bits per heavy atom. The number of amides is 2. The molecule has 1 aliphatic heterocycles. The van der Waals surface area contributed by atoms with Crippen molar-refractivity contribution in [2.75, 3.05) is 31.7 Å². The number of carbonyl (C=O) groups excluding carboxylic acids is 2. The van der Waals surface area contributed by atoms with E-state index in [1.54, 1.807) is 17.0 Å². The molecule has 1 fully saturated rings. The lowest BCUT2D eigenvalue weighted by Gasteiger charge is -2.35. The molecule has 2 heterocycles. The molecule has 1 aliphatic rings. The van der Waals surface area contributed by atoms with Crippen molar-refractivity contribution < 1.29 is 19.1 Å². The van der Waals surface area contributed by atoms with Gasteiger partial charge in [0.25, 0.3) is 5.91 Å². The number of rotatable bonds is 6. The minimum absolute atomic E-state index is 0.0422. The smallest absolute Gasteiger partial charge is 0.264 e. The van der Waals surface area contributed by atoms with Gasteiger partial charge in [-0.15, -0.1) is 11.3 Å². The normalized spacial score (nSPS) is 17.0. The second-order valence-corrected chi connectivity index (χ2v) is 6.87. The number of nitrogens with one attached hydrogen (secondary N) is 1. The monoisotopic (exact) mass is 374 g/mol. The second-order valence-electron chi connectivity index (χ2n) is 5.92. The molecule has 1 saturated heterocycles. The van der Waals surface area contributed by atoms with Gasteiger partial charge in [-0.05, 0) is 30.5 Å². The molecular formula is C19H22N2O4S. The molecule has 2 amide bonds. The van der Waals surface area contributed by atoms with E-state index in [1.807, 2.05) is 36.6 Å². The highest BCUT2D eigenvalue weighted by atomic mass is 32.1. The molecule has 138 valence electrons. The summed E-state index contributed by atoms with van der Waals surface area (Å²) in [6.07, 6.45) is 0.190. The van der Waals surface area contributed by atoms with Gasteiger partial charge in [0.1, 0.15) is 5.75 Å². The van der Waals surface area contributed by atoms with Crippen molar-refractivity contribution in [3.8, 4) is 5.75 Å². The highest BCUT2D eigenvalue weighted by Gasteiger charge is 2.30. The number of hydrogen-bond donors (Lipinski definition) is 1. The number of anilines is 1. The molecule has 0 aliphatic carbocycles. The Morgan fingerprint density at radius 3 is 3.00 bits per heavy atom. The quantitative estimate of drug-likeness (QED) is 0.844. The second kappa shape index (κ2) is 8.82. The van der Waals surface area contributed by atoms with Gasteiger partial charge >= 0.3 is 0 Å². The summed E-state index contributed by atoms with van der Waals surface area (Å²) in [7, 11) is 0. The molecule has 1 atom stereocenters. The number of benzene rings is 1. The zero-order chi connectivity index (χ0) is 18.4. The number of morpholine rings is 1. The molecule has 0 unspecified atom stereocenters. The van der Waals surface area contributed by atoms with Crippen molar-refractivity contribution in [3.05, 3.63) is 46.7 Å². The minimum Gasteiger partial charge on any atom is -0.494 e. The van der Waals surface area contributed by atoms with Gasteiger partial charge in [0.15, 0.2) is 0 Å². The fourth-order valence-corrected chi connectivity index (χ4v) is 3.57. The van der Waals surface area contributed by atoms with Gasteiger partial charge in [-0.25, -0.2) is 0 Å². The van der Waals surface area contributed by atoms with Crippen molar-refractivity contribution >= 4 is 28.8 Å². The summed E-state index contributed by atoms with van der Waals surface area (Å²) in [5.41, 5.74) is 0.675. The van der Waals surface area contributed by atoms with E-state index in [1.165, 1.54) is 11.3 Å². The standard InChI is InChI=1S/C19H22N2O4S/c1-2-25-16-6-3-5-14(11-16)20-18(22)12-15-13-24-9-8-21(15)19(23)17-7-4-10-26-17/h3-7,10-11,15H,2,8-9,12-13H2,1H3,(H,20,22)/t15-/m1/s1. The molecule has 1 aromatic carbocycles. The third-order valence-corrected chi connectivity index (χ3v) is 4.93. The van der Waals surface area contributed by atoms with Crippen LogP contribution in [0, 0.1) is 0 Å². The lowest BCUT2D eigenvalue weighted by atomic mass is 10.1. The maximum absolute atomic E-state index is 12.7. The average molecular weight is 374 g/mol. The maximum atomic E-state index is 12.7. The van der Waals surface area contributed by atoms with Crippen LogP contribution in [0.1, 0.15) is 23.0 Å². The Kier molecular flexibility index (Phi) is 6.25. The fourth-order valence-electron chi connectivity index (χ4n) is 2.89. The van der Waals surface area contributed by atoms with Gasteiger partial charge < -0.3 is 19.7 Å². The van der Waals surface area contributed by atoms with Crippen LogP contribution in [0.5, 0.6) is 5.75 Å². The lowest BCUT2D eigenvalue weighted by Crippen LogP contribution is -2.49. The first-order valence-corrected chi connectivity index (χ1v) is 9.50. The summed E-state index contributed by atoms with van der Waals surface area (Å²) in [5.74, 6) is 0.512. The van der Waals surface area contributed by atoms with E-state index in [0.717, 1.165) is 0 Å². The number of nitrogens with zero attached hydrogens (tertiary/aromatic N) is 1. The molecule has 1 N–H and O–H groups in total. The molecule has 26 heavy (non-hydrogen) atoms. The predicted molar refractivity (Wildman–Crippen MR) is 101 cm³/mol. The largest absolute Gasteiger partial charge is 0.494 e. The van der Waals surface area contributed by atoms with Crippen molar-refractivity contribution in [1.82, 2.24) is 4.90 Å². The van der Waals surface area contributed by atoms with Crippen LogP contribution >= 0.6 is 11.3 Å². The van der Waals surface area contributed by atoms with Crippen molar-refractivity contribution in [2.24, 2.45) is 0 Å². The van der Waals surface area contributed by atoms with Gasteiger partial charge in [0.2, 0.25) is 5.91 Å². The first kappa shape index (κ1) is 18.4. The number of ether oxygens (including phenoxy) is 2. The summed E-state index contributed by atoms with van der Waals surface area (Å²) in [6.45, 7) is 3.83. The van der Waals surface area contributed by atoms with E-state index >= 15 is 0 Å². The Bertz CT molecular complexity index is 748. The Hall–Kier alpha value is -2.38. The van der Waals surface area contributed by atoms with Crippen LogP contribution in [0.3, 0.4) is 0 Å². The van der Waals surface area contributed by atoms with Crippen molar-refractivity contribution in [2.45, 2.75) is 19.4 Å². The minimum atomic E-state index is -0.270. The summed E-state index contributed by atoms with van der Waals surface area (Å²) in [4.78, 5) is 27.5. The highest BCUT2D eigenvalue weighted by molar-refractivity contribution is 7.12. The maximum Gasteiger partial charge on any atom is 0.264 e. The third kappa shape index (κ3) is 4.62. The van der Waals surface area contributed by atoms with Gasteiger partial charge in [-0.2, -0.15) is 0 Å². The van der Waals surface area contributed by atoms with Crippen LogP contribution in [0.25, 0.3) is 0 Å². The van der Waals surface area contributed by atoms with E-state index in [2.05, 4.69) is 5.32 Å². The van der Waals surface area contributed by atoms with Crippen LogP contribution in [0.2, 0.25) is 0 Å². The fraction of sp³-hybridized carbons (Fsp3) is 0.368. The van der Waals surface area contributed by atoms with E-state index in [-0.39, 0.29) is 24.3 Å². The first-order chi connectivity index (χ1) is 12.7. The van der Waals surface area contributed by atoms with Gasteiger partial charge in [0.05, 0.1) is 30.7 Å². The van der Waals surface area contributed by atoms with E-state index in [0.29, 0.717) is 42.7 Å². The van der Waals surface area contributed by atoms with Gasteiger partial charge in [0, 0.05) is 24.7 Å². The molecule has 0 bridgehead atoms. The first-order valence-electron chi connectivity index (χ1n) is 8.62. The van der Waals surface area contributed by atoms with Crippen LogP contribution < -0.4 is 10.1 Å². The summed E-state index contributed by atoms with van der Waals surface area (Å²) >= 11 is 1.41. The topological polar surface area (TPSA) is 67.9 Å². The van der Waals surface area contributed by atoms with E-state index in [4.69, 9.17) is 9.47 Å². The average Bonchev–Trinajstić information content (AvgIpc) is 3.17. The Morgan fingerprint density at radius 1 is 1.35 bits per heavy atom. The molecule has 3 rings (SSSR count). The van der Waals surface area contributed by atoms with Crippen LogP contribution in [0.4, 0.5) is 5.69 Å². The van der Waals surface area contributed by atoms with Crippen molar-refractivity contribution in [1.29, 1.82) is 0 Å². The molecule has 2 aromatic rings. The molecule has 0 saturated carbocycles. The SMILES string of the molecule is CCOc1cccc(NC(=O)C[C@@H]2COCCN2C(=O)c2cccs2)c1. The Labute approximate surface area is 156 Å². The predicted octanol–water partition coefficient (Wildman–Crippen LogP) is 3.02. The molecule has 0 radical (unpaired) electrons. The van der Waals surface area contributed by atoms with Crippen LogP contribution in [-0.2, 0) is 9.53 Å². The summed E-state index contributed by atoms with van der Waals surface area (Å²) in [6, 6.07) is 10.7. The number of carbonyl (C=O) groups is 2. The van der Waals surface area contributed by atoms with E-state index in [9.17, 15) is 9.59 Å². The van der Waals surface area contributed by atoms with E-state index < -0.39 is 0 Å². The number of thiophene rings is 1. The Balaban J connectivity index is 1.63. The zero-order valence-electron chi connectivity index (χ0n) is 14.6. The van der Waals surface area contributed by atoms with Crippen molar-refractivity contribution in [3.63, 3.8) is 0 Å². The van der Waals surface area contributed by atoms with Crippen LogP contribution in [0.15, 0.2) is 41.8 Å². The summed E-state index contributed by atoms with van der Waals surface area (Å²) < 4.78 is 10.9. The van der Waals surface area contributed by atoms with Crippen LogP contribution in [-0.4, -0.2) is 49.1 Å². The molecule has 1 aromatic heterocycles. The molecule has 7 heteroatoms.